The molecule has 2 amide bonds. The topological polar surface area (TPSA) is 84.2 Å². The highest BCUT2D eigenvalue weighted by Crippen LogP contribution is 2.17. The minimum Gasteiger partial charge on any atom is -0.353 e. The van der Waals surface area contributed by atoms with Gasteiger partial charge in [0.05, 0.1) is 0 Å². The second-order valence-corrected chi connectivity index (χ2v) is 6.48. The minimum absolute atomic E-state index is 0.0474. The monoisotopic (exact) mass is 337 g/mol. The zero-order valence-electron chi connectivity index (χ0n) is 13.2. The molecule has 0 aromatic heterocycles. The number of rotatable bonds is 6. The minimum atomic E-state index is -0.150. The molecule has 0 bridgehead atoms. The molecule has 5 nitrogen and oxygen atoms in total. The van der Waals surface area contributed by atoms with Crippen molar-refractivity contribution in [2.24, 2.45) is 5.73 Å². The fraction of sp³-hybridized carbons (Fsp3) is 0.529. The Morgan fingerprint density at radius 3 is 2.43 bits per heavy atom. The molecule has 0 unspecified atom stereocenters. The van der Waals surface area contributed by atoms with Crippen molar-refractivity contribution in [3.05, 3.63) is 34.9 Å². The SMILES string of the molecule is NC1CCC(NC(=O)CCCNC(=O)c2ccc(Cl)cc2)CC1. The molecule has 1 aliphatic rings. The van der Waals surface area contributed by atoms with Crippen LogP contribution in [0.3, 0.4) is 0 Å². The van der Waals surface area contributed by atoms with Gasteiger partial charge in [-0.25, -0.2) is 0 Å². The Morgan fingerprint density at radius 2 is 1.78 bits per heavy atom. The summed E-state index contributed by atoms with van der Waals surface area (Å²) in [7, 11) is 0. The normalized spacial score (nSPS) is 20.8. The second-order valence-electron chi connectivity index (χ2n) is 6.05. The summed E-state index contributed by atoms with van der Waals surface area (Å²) in [6.07, 6.45) is 4.91. The third-order valence-electron chi connectivity index (χ3n) is 4.11. The molecule has 2 rings (SSSR count). The predicted octanol–water partition coefficient (Wildman–Crippen LogP) is 2.24. The lowest BCUT2D eigenvalue weighted by Gasteiger charge is -2.26. The highest BCUT2D eigenvalue weighted by molar-refractivity contribution is 6.30. The molecule has 1 aromatic rings. The van der Waals surface area contributed by atoms with Crippen molar-refractivity contribution >= 4 is 23.4 Å². The van der Waals surface area contributed by atoms with Crippen LogP contribution in [0.25, 0.3) is 0 Å². The van der Waals surface area contributed by atoms with Crippen LogP contribution < -0.4 is 16.4 Å². The van der Waals surface area contributed by atoms with Gasteiger partial charge in [0.25, 0.3) is 5.91 Å². The van der Waals surface area contributed by atoms with Crippen molar-refractivity contribution in [2.45, 2.75) is 50.6 Å². The van der Waals surface area contributed by atoms with E-state index in [1.54, 1.807) is 24.3 Å². The van der Waals surface area contributed by atoms with Gasteiger partial charge in [-0.05, 0) is 56.4 Å². The number of benzene rings is 1. The molecule has 0 radical (unpaired) electrons. The summed E-state index contributed by atoms with van der Waals surface area (Å²) < 4.78 is 0. The van der Waals surface area contributed by atoms with Gasteiger partial charge in [-0.2, -0.15) is 0 Å². The zero-order valence-corrected chi connectivity index (χ0v) is 13.9. The fourth-order valence-corrected chi connectivity index (χ4v) is 2.84. The summed E-state index contributed by atoms with van der Waals surface area (Å²) in [6.45, 7) is 0.477. The molecule has 0 heterocycles. The van der Waals surface area contributed by atoms with Gasteiger partial charge < -0.3 is 16.4 Å². The van der Waals surface area contributed by atoms with Crippen molar-refractivity contribution in [2.75, 3.05) is 6.54 Å². The van der Waals surface area contributed by atoms with Crippen molar-refractivity contribution < 1.29 is 9.59 Å². The molecule has 23 heavy (non-hydrogen) atoms. The summed E-state index contributed by atoms with van der Waals surface area (Å²) in [5.41, 5.74) is 6.42. The van der Waals surface area contributed by atoms with E-state index < -0.39 is 0 Å². The number of hydrogen-bond acceptors (Lipinski definition) is 3. The van der Waals surface area contributed by atoms with Crippen LogP contribution in [0.15, 0.2) is 24.3 Å². The number of carbonyl (C=O) groups is 2. The van der Waals surface area contributed by atoms with E-state index in [0.717, 1.165) is 25.7 Å². The smallest absolute Gasteiger partial charge is 0.251 e. The van der Waals surface area contributed by atoms with E-state index in [1.807, 2.05) is 0 Å². The molecular weight excluding hydrogens is 314 g/mol. The Kier molecular flexibility index (Phi) is 6.86. The number of amides is 2. The predicted molar refractivity (Wildman–Crippen MR) is 91.4 cm³/mol. The summed E-state index contributed by atoms with van der Waals surface area (Å²) in [5.74, 6) is -0.102. The Balaban J connectivity index is 1.60. The van der Waals surface area contributed by atoms with Crippen molar-refractivity contribution in [1.29, 1.82) is 0 Å². The lowest BCUT2D eigenvalue weighted by atomic mass is 9.92. The first-order chi connectivity index (χ1) is 11.0. The van der Waals surface area contributed by atoms with Crippen LogP contribution in [-0.4, -0.2) is 30.4 Å². The molecule has 1 aromatic carbocycles. The van der Waals surface area contributed by atoms with Crippen LogP contribution in [0.4, 0.5) is 0 Å². The van der Waals surface area contributed by atoms with Gasteiger partial charge in [0.2, 0.25) is 5.91 Å². The van der Waals surface area contributed by atoms with Crippen molar-refractivity contribution in [3.63, 3.8) is 0 Å². The van der Waals surface area contributed by atoms with Gasteiger partial charge in [0, 0.05) is 35.6 Å². The van der Waals surface area contributed by atoms with Crippen LogP contribution in [0, 0.1) is 0 Å². The number of nitrogens with one attached hydrogen (secondary N) is 2. The number of nitrogens with two attached hydrogens (primary N) is 1. The van der Waals surface area contributed by atoms with Crippen molar-refractivity contribution in [3.8, 4) is 0 Å². The lowest BCUT2D eigenvalue weighted by molar-refractivity contribution is -0.122. The van der Waals surface area contributed by atoms with Gasteiger partial charge in [-0.1, -0.05) is 11.6 Å². The van der Waals surface area contributed by atoms with Crippen LogP contribution >= 0.6 is 11.6 Å². The maximum absolute atomic E-state index is 11.9. The molecule has 0 saturated heterocycles. The Bertz CT molecular complexity index is 525. The third-order valence-corrected chi connectivity index (χ3v) is 4.36. The maximum atomic E-state index is 11.9. The van der Waals surface area contributed by atoms with Crippen LogP contribution in [-0.2, 0) is 4.79 Å². The summed E-state index contributed by atoms with van der Waals surface area (Å²) in [5, 5.41) is 6.45. The highest BCUT2D eigenvalue weighted by Gasteiger charge is 2.19. The summed E-state index contributed by atoms with van der Waals surface area (Å²) in [6, 6.07) is 7.26. The van der Waals surface area contributed by atoms with E-state index in [9.17, 15) is 9.59 Å². The zero-order chi connectivity index (χ0) is 16.7. The van der Waals surface area contributed by atoms with Gasteiger partial charge in [0.1, 0.15) is 0 Å². The molecule has 0 atom stereocenters. The van der Waals surface area contributed by atoms with Crippen LogP contribution in [0.5, 0.6) is 0 Å². The largest absolute Gasteiger partial charge is 0.353 e. The molecule has 1 aliphatic carbocycles. The van der Waals surface area contributed by atoms with E-state index >= 15 is 0 Å². The van der Waals surface area contributed by atoms with Gasteiger partial charge in [-0.15, -0.1) is 0 Å². The van der Waals surface area contributed by atoms with Gasteiger partial charge in [-0.3, -0.25) is 9.59 Å². The van der Waals surface area contributed by atoms with E-state index in [2.05, 4.69) is 10.6 Å². The van der Waals surface area contributed by atoms with Crippen LogP contribution in [0.2, 0.25) is 5.02 Å². The highest BCUT2D eigenvalue weighted by atomic mass is 35.5. The first-order valence-electron chi connectivity index (χ1n) is 8.13. The van der Waals surface area contributed by atoms with E-state index in [-0.39, 0.29) is 23.9 Å². The van der Waals surface area contributed by atoms with Crippen molar-refractivity contribution in [1.82, 2.24) is 10.6 Å². The van der Waals surface area contributed by atoms with E-state index in [0.29, 0.717) is 30.0 Å². The fourth-order valence-electron chi connectivity index (χ4n) is 2.72. The van der Waals surface area contributed by atoms with E-state index in [1.165, 1.54) is 0 Å². The molecular formula is C17H24ClN3O2. The van der Waals surface area contributed by atoms with Gasteiger partial charge in [0.15, 0.2) is 0 Å². The first kappa shape index (κ1) is 17.8. The lowest BCUT2D eigenvalue weighted by Crippen LogP contribution is -2.40. The first-order valence-corrected chi connectivity index (χ1v) is 8.51. The quantitative estimate of drug-likeness (QED) is 0.696. The average molecular weight is 338 g/mol. The number of carbonyl (C=O) groups excluding carboxylic acids is 2. The standard InChI is InChI=1S/C17H24ClN3O2/c18-13-5-3-12(4-6-13)17(23)20-11-1-2-16(22)21-15-9-7-14(19)8-10-15/h3-6,14-15H,1-2,7-11,19H2,(H,20,23)(H,21,22). The number of halogens is 1. The molecule has 6 heteroatoms. The Hall–Kier alpha value is -1.59. The molecule has 1 fully saturated rings. The molecule has 1 saturated carbocycles. The number of hydrogen-bond donors (Lipinski definition) is 3. The van der Waals surface area contributed by atoms with E-state index in [4.69, 9.17) is 17.3 Å². The maximum Gasteiger partial charge on any atom is 0.251 e. The second kappa shape index (κ2) is 8.89. The Labute approximate surface area is 142 Å². The Morgan fingerprint density at radius 1 is 1.13 bits per heavy atom. The molecule has 0 spiro atoms. The summed E-state index contributed by atoms with van der Waals surface area (Å²) >= 11 is 5.78. The molecule has 0 aliphatic heterocycles. The van der Waals surface area contributed by atoms with Crippen LogP contribution in [0.1, 0.15) is 48.9 Å². The summed E-state index contributed by atoms with van der Waals surface area (Å²) in [4.78, 5) is 23.8. The average Bonchev–Trinajstić information content (AvgIpc) is 2.54. The molecule has 126 valence electrons. The molecule has 4 N–H and O–H groups in total. The third kappa shape index (κ3) is 6.20. The van der Waals surface area contributed by atoms with Gasteiger partial charge >= 0.3 is 0 Å².